The minimum atomic E-state index is -0.432. The predicted molar refractivity (Wildman–Crippen MR) is 68.9 cm³/mol. The second kappa shape index (κ2) is 7.57. The van der Waals surface area contributed by atoms with E-state index in [4.69, 9.17) is 4.74 Å². The van der Waals surface area contributed by atoms with Gasteiger partial charge < -0.3 is 15.4 Å². The van der Waals surface area contributed by atoms with Gasteiger partial charge in [0.15, 0.2) is 0 Å². The van der Waals surface area contributed by atoms with Crippen LogP contribution in [0.3, 0.4) is 0 Å². The molecule has 0 spiro atoms. The summed E-state index contributed by atoms with van der Waals surface area (Å²) < 4.78 is 4.90. The van der Waals surface area contributed by atoms with Crippen LogP contribution in [0.1, 0.15) is 5.69 Å². The Morgan fingerprint density at radius 2 is 2.17 bits per heavy atom. The molecule has 0 atom stereocenters. The summed E-state index contributed by atoms with van der Waals surface area (Å²) in [5, 5.41) is 16.9. The highest BCUT2D eigenvalue weighted by atomic mass is 16.6. The zero-order valence-electron chi connectivity index (χ0n) is 10.6. The van der Waals surface area contributed by atoms with Gasteiger partial charge in [-0.1, -0.05) is 0 Å². The molecule has 1 aromatic rings. The number of ether oxygens (including phenoxy) is 1. The number of hydrogen-bond acceptors (Lipinski definition) is 6. The van der Waals surface area contributed by atoms with E-state index in [0.717, 1.165) is 13.1 Å². The monoisotopic (exact) mass is 254 g/mol. The van der Waals surface area contributed by atoms with Crippen LogP contribution in [0.5, 0.6) is 0 Å². The number of rotatable bonds is 8. The van der Waals surface area contributed by atoms with E-state index in [0.29, 0.717) is 24.7 Å². The van der Waals surface area contributed by atoms with Crippen molar-refractivity contribution in [3.05, 3.63) is 27.9 Å². The third-order valence-corrected chi connectivity index (χ3v) is 2.35. The maximum atomic E-state index is 10.6. The van der Waals surface area contributed by atoms with Gasteiger partial charge in [-0.2, -0.15) is 0 Å². The third kappa shape index (κ3) is 4.64. The Labute approximate surface area is 106 Å². The molecule has 0 aromatic carbocycles. The van der Waals surface area contributed by atoms with Gasteiger partial charge in [0.05, 0.1) is 11.5 Å². The van der Waals surface area contributed by atoms with Crippen molar-refractivity contribution in [3.8, 4) is 0 Å². The highest BCUT2D eigenvalue weighted by Gasteiger charge is 2.11. The lowest BCUT2D eigenvalue weighted by atomic mass is 10.3. The maximum absolute atomic E-state index is 10.6. The number of pyridine rings is 1. The minimum absolute atomic E-state index is 0.0405. The molecule has 0 fully saturated rings. The number of anilines is 1. The number of aromatic nitrogens is 1. The van der Waals surface area contributed by atoms with Crippen molar-refractivity contribution in [2.45, 2.75) is 6.92 Å². The van der Waals surface area contributed by atoms with Crippen LogP contribution < -0.4 is 10.6 Å². The summed E-state index contributed by atoms with van der Waals surface area (Å²) in [6, 6.07) is 3.07. The second-order valence-electron chi connectivity index (χ2n) is 3.73. The number of methoxy groups -OCH3 is 1. The highest BCUT2D eigenvalue weighted by molar-refractivity contribution is 5.44. The molecule has 0 aliphatic heterocycles. The molecule has 0 bridgehead atoms. The molecule has 7 nitrogen and oxygen atoms in total. The van der Waals surface area contributed by atoms with Gasteiger partial charge in [0.2, 0.25) is 0 Å². The first-order valence-electron chi connectivity index (χ1n) is 5.70. The molecule has 1 rings (SSSR count). The highest BCUT2D eigenvalue weighted by Crippen LogP contribution is 2.17. The molecule has 100 valence electrons. The summed E-state index contributed by atoms with van der Waals surface area (Å²) in [7, 11) is 1.66. The standard InChI is InChI=1S/C11H18N4O3/c1-9-10(15(16)17)3-4-11(14-9)13-6-5-12-7-8-18-2/h3-4,12H,5-8H2,1-2H3,(H,13,14). The predicted octanol–water partition coefficient (Wildman–Crippen LogP) is 0.946. The van der Waals surface area contributed by atoms with Crippen molar-refractivity contribution in [1.29, 1.82) is 0 Å². The summed E-state index contributed by atoms with van der Waals surface area (Å²) in [6.07, 6.45) is 0. The molecule has 0 radical (unpaired) electrons. The second-order valence-corrected chi connectivity index (χ2v) is 3.73. The quantitative estimate of drug-likeness (QED) is 0.408. The van der Waals surface area contributed by atoms with E-state index in [-0.39, 0.29) is 5.69 Å². The smallest absolute Gasteiger partial charge is 0.290 e. The lowest BCUT2D eigenvalue weighted by molar-refractivity contribution is -0.385. The Morgan fingerprint density at radius 1 is 1.39 bits per heavy atom. The van der Waals surface area contributed by atoms with Crippen molar-refractivity contribution >= 4 is 11.5 Å². The van der Waals surface area contributed by atoms with Crippen LogP contribution in [0.25, 0.3) is 0 Å². The Bertz CT molecular complexity index is 398. The van der Waals surface area contributed by atoms with Crippen LogP contribution >= 0.6 is 0 Å². The van der Waals surface area contributed by atoms with E-state index in [2.05, 4.69) is 15.6 Å². The summed E-state index contributed by atoms with van der Waals surface area (Å²) in [4.78, 5) is 14.3. The van der Waals surface area contributed by atoms with Crippen LogP contribution in [0.15, 0.2) is 12.1 Å². The van der Waals surface area contributed by atoms with E-state index in [1.807, 2.05) is 0 Å². The van der Waals surface area contributed by atoms with Gasteiger partial charge in [0.25, 0.3) is 5.69 Å². The van der Waals surface area contributed by atoms with Crippen LogP contribution in [0.2, 0.25) is 0 Å². The largest absolute Gasteiger partial charge is 0.383 e. The van der Waals surface area contributed by atoms with E-state index in [1.165, 1.54) is 6.07 Å². The molecule has 0 aliphatic carbocycles. The molecule has 2 N–H and O–H groups in total. The average molecular weight is 254 g/mol. The van der Waals surface area contributed by atoms with Crippen molar-refractivity contribution in [3.63, 3.8) is 0 Å². The Morgan fingerprint density at radius 3 is 2.78 bits per heavy atom. The number of nitrogens with zero attached hydrogens (tertiary/aromatic N) is 2. The molecule has 0 saturated heterocycles. The topological polar surface area (TPSA) is 89.3 Å². The van der Waals surface area contributed by atoms with Gasteiger partial charge in [0, 0.05) is 32.8 Å². The molecule has 1 aromatic heterocycles. The number of nitro groups is 1. The van der Waals surface area contributed by atoms with E-state index in [1.54, 1.807) is 20.1 Å². The molecular weight excluding hydrogens is 236 g/mol. The van der Waals surface area contributed by atoms with Gasteiger partial charge in [0.1, 0.15) is 11.5 Å². The summed E-state index contributed by atoms with van der Waals surface area (Å²) in [6.45, 7) is 4.58. The molecule has 7 heteroatoms. The Hall–Kier alpha value is -1.73. The van der Waals surface area contributed by atoms with E-state index in [9.17, 15) is 10.1 Å². The van der Waals surface area contributed by atoms with Crippen LogP contribution in [0, 0.1) is 17.0 Å². The molecule has 18 heavy (non-hydrogen) atoms. The fourth-order valence-corrected chi connectivity index (χ4v) is 1.42. The molecule has 0 aliphatic rings. The lowest BCUT2D eigenvalue weighted by Crippen LogP contribution is -2.25. The summed E-state index contributed by atoms with van der Waals surface area (Å²) in [5.74, 6) is 0.645. The lowest BCUT2D eigenvalue weighted by Gasteiger charge is -2.07. The molecule has 0 unspecified atom stereocenters. The zero-order valence-corrected chi connectivity index (χ0v) is 10.6. The fraction of sp³-hybridized carbons (Fsp3) is 0.545. The van der Waals surface area contributed by atoms with Crippen molar-refractivity contribution < 1.29 is 9.66 Å². The van der Waals surface area contributed by atoms with E-state index >= 15 is 0 Å². The maximum Gasteiger partial charge on any atom is 0.290 e. The molecular formula is C11H18N4O3. The van der Waals surface area contributed by atoms with Crippen molar-refractivity contribution in [2.24, 2.45) is 0 Å². The van der Waals surface area contributed by atoms with E-state index < -0.39 is 4.92 Å². The molecule has 0 amide bonds. The third-order valence-electron chi connectivity index (χ3n) is 2.35. The average Bonchev–Trinajstić information content (AvgIpc) is 2.33. The number of aryl methyl sites for hydroxylation is 1. The van der Waals surface area contributed by atoms with Crippen molar-refractivity contribution in [2.75, 3.05) is 38.7 Å². The van der Waals surface area contributed by atoms with Gasteiger partial charge in [-0.05, 0) is 13.0 Å². The minimum Gasteiger partial charge on any atom is -0.383 e. The fourth-order valence-electron chi connectivity index (χ4n) is 1.42. The summed E-state index contributed by atoms with van der Waals surface area (Å²) in [5.41, 5.74) is 0.455. The first-order valence-corrected chi connectivity index (χ1v) is 5.70. The number of hydrogen-bond donors (Lipinski definition) is 2. The van der Waals surface area contributed by atoms with Gasteiger partial charge >= 0.3 is 0 Å². The molecule has 1 heterocycles. The summed E-state index contributed by atoms with van der Waals surface area (Å²) >= 11 is 0. The Balaban J connectivity index is 2.35. The first kappa shape index (κ1) is 14.3. The van der Waals surface area contributed by atoms with Gasteiger partial charge in [-0.25, -0.2) is 4.98 Å². The number of nitrogens with one attached hydrogen (secondary N) is 2. The normalized spacial score (nSPS) is 10.3. The van der Waals surface area contributed by atoms with Crippen LogP contribution in [0.4, 0.5) is 11.5 Å². The van der Waals surface area contributed by atoms with Gasteiger partial charge in [-0.15, -0.1) is 0 Å². The molecule has 0 saturated carbocycles. The first-order chi connectivity index (χ1) is 8.65. The van der Waals surface area contributed by atoms with Crippen LogP contribution in [-0.4, -0.2) is 43.3 Å². The zero-order chi connectivity index (χ0) is 13.4. The Kier molecular flexibility index (Phi) is 6.03. The van der Waals surface area contributed by atoms with Crippen LogP contribution in [-0.2, 0) is 4.74 Å². The van der Waals surface area contributed by atoms with Gasteiger partial charge in [-0.3, -0.25) is 10.1 Å². The SMILES string of the molecule is COCCNCCNc1ccc([N+](=O)[O-])c(C)n1. The van der Waals surface area contributed by atoms with Crippen molar-refractivity contribution in [1.82, 2.24) is 10.3 Å².